The van der Waals surface area contributed by atoms with Gasteiger partial charge in [-0.15, -0.1) is 0 Å². The summed E-state index contributed by atoms with van der Waals surface area (Å²) in [5.74, 6) is -0.132. The Balaban J connectivity index is 0.000000280. The number of hydrogen-bond acceptors (Lipinski definition) is 5. The largest absolute Gasteiger partial charge is 0.481 e. The highest BCUT2D eigenvalue weighted by molar-refractivity contribution is 7.98. The van der Waals surface area contributed by atoms with Crippen molar-refractivity contribution in [3.8, 4) is 5.95 Å². The molecule has 0 fully saturated rings. The molecule has 5 nitrogen and oxygen atoms in total. The molecule has 6 heteroatoms. The second-order valence-corrected chi connectivity index (χ2v) is 3.66. The Bertz CT molecular complexity index is 263. The summed E-state index contributed by atoms with van der Waals surface area (Å²) >= 11 is 1.60. The van der Waals surface area contributed by atoms with Crippen LogP contribution in [-0.2, 0) is 4.79 Å². The summed E-state index contributed by atoms with van der Waals surface area (Å²) < 4.78 is 4.39. The Kier molecular flexibility index (Phi) is 7.57. The summed E-state index contributed by atoms with van der Waals surface area (Å²) in [6.07, 6.45) is 3.89. The SMILES string of the molecule is CSCCC(N)C(=O)O.Oc1ccco1. The van der Waals surface area contributed by atoms with Gasteiger partial charge in [0.15, 0.2) is 0 Å². The highest BCUT2D eigenvalue weighted by Crippen LogP contribution is 2.04. The molecule has 0 aliphatic heterocycles. The van der Waals surface area contributed by atoms with Crippen LogP contribution in [0.1, 0.15) is 6.42 Å². The third-order valence-corrected chi connectivity index (χ3v) is 2.10. The zero-order valence-electron chi connectivity index (χ0n) is 8.42. The quantitative estimate of drug-likeness (QED) is 0.721. The second-order valence-electron chi connectivity index (χ2n) is 2.68. The summed E-state index contributed by atoms with van der Waals surface area (Å²) in [4.78, 5) is 10.1. The van der Waals surface area contributed by atoms with E-state index in [9.17, 15) is 4.79 Å². The average Bonchev–Trinajstić information content (AvgIpc) is 2.66. The molecule has 86 valence electrons. The zero-order chi connectivity index (χ0) is 11.7. The van der Waals surface area contributed by atoms with E-state index in [1.54, 1.807) is 17.8 Å². The molecule has 1 atom stereocenters. The predicted octanol–water partition coefficient (Wildman–Crippen LogP) is 1.14. The van der Waals surface area contributed by atoms with Crippen LogP contribution in [0.4, 0.5) is 0 Å². The number of carbonyl (C=O) groups is 1. The van der Waals surface area contributed by atoms with Crippen molar-refractivity contribution in [2.45, 2.75) is 12.5 Å². The lowest BCUT2D eigenvalue weighted by atomic mass is 10.2. The fraction of sp³-hybridized carbons (Fsp3) is 0.444. The molecule has 15 heavy (non-hydrogen) atoms. The van der Waals surface area contributed by atoms with Gasteiger partial charge in [0, 0.05) is 6.07 Å². The van der Waals surface area contributed by atoms with Crippen LogP contribution in [0, 0.1) is 0 Å². The van der Waals surface area contributed by atoms with Gasteiger partial charge in [-0.3, -0.25) is 4.79 Å². The number of furan rings is 1. The number of carboxylic acid groups (broad SMARTS) is 1. The van der Waals surface area contributed by atoms with Gasteiger partial charge in [-0.1, -0.05) is 0 Å². The van der Waals surface area contributed by atoms with Crippen molar-refractivity contribution in [3.63, 3.8) is 0 Å². The van der Waals surface area contributed by atoms with Crippen molar-refractivity contribution in [3.05, 3.63) is 18.4 Å². The molecule has 0 radical (unpaired) electrons. The maximum atomic E-state index is 10.1. The maximum Gasteiger partial charge on any atom is 0.320 e. The first-order valence-electron chi connectivity index (χ1n) is 4.27. The van der Waals surface area contributed by atoms with E-state index < -0.39 is 12.0 Å². The number of hydrogen-bond donors (Lipinski definition) is 3. The zero-order valence-corrected chi connectivity index (χ0v) is 9.24. The Morgan fingerprint density at radius 3 is 2.67 bits per heavy atom. The van der Waals surface area contributed by atoms with E-state index in [2.05, 4.69) is 4.42 Å². The topological polar surface area (TPSA) is 96.7 Å². The van der Waals surface area contributed by atoms with Gasteiger partial charge in [-0.05, 0) is 24.5 Å². The molecule has 1 aromatic rings. The Morgan fingerprint density at radius 2 is 2.40 bits per heavy atom. The summed E-state index contributed by atoms with van der Waals surface area (Å²) in [6.45, 7) is 0. The highest BCUT2D eigenvalue weighted by Gasteiger charge is 2.08. The minimum Gasteiger partial charge on any atom is -0.481 e. The van der Waals surface area contributed by atoms with Crippen LogP contribution in [0.2, 0.25) is 0 Å². The van der Waals surface area contributed by atoms with E-state index >= 15 is 0 Å². The van der Waals surface area contributed by atoms with Crippen LogP contribution in [-0.4, -0.2) is 34.2 Å². The minimum atomic E-state index is -0.913. The maximum absolute atomic E-state index is 10.1. The van der Waals surface area contributed by atoms with Crippen LogP contribution in [0.25, 0.3) is 0 Å². The molecule has 0 aliphatic rings. The number of carboxylic acids is 1. The Morgan fingerprint density at radius 1 is 1.73 bits per heavy atom. The summed E-state index contributed by atoms with van der Waals surface area (Å²) in [7, 11) is 0. The first-order chi connectivity index (χ1) is 7.07. The normalized spacial score (nSPS) is 11.3. The van der Waals surface area contributed by atoms with Gasteiger partial charge in [-0.25, -0.2) is 0 Å². The molecule has 0 spiro atoms. The van der Waals surface area contributed by atoms with Crippen molar-refractivity contribution < 1.29 is 19.4 Å². The first kappa shape index (κ1) is 13.9. The number of aromatic hydroxyl groups is 1. The minimum absolute atomic E-state index is 0.0324. The van der Waals surface area contributed by atoms with E-state index in [-0.39, 0.29) is 5.95 Å². The number of thioether (sulfide) groups is 1. The molecule has 0 aliphatic carbocycles. The molecule has 0 saturated carbocycles. The van der Waals surface area contributed by atoms with Gasteiger partial charge in [0.1, 0.15) is 6.04 Å². The molecule has 0 amide bonds. The van der Waals surface area contributed by atoms with Gasteiger partial charge in [0.25, 0.3) is 5.95 Å². The molecule has 0 bridgehead atoms. The lowest BCUT2D eigenvalue weighted by molar-refractivity contribution is -0.138. The molecule has 4 N–H and O–H groups in total. The van der Waals surface area contributed by atoms with Crippen molar-refractivity contribution in [2.75, 3.05) is 12.0 Å². The second kappa shape index (κ2) is 8.19. The lowest BCUT2D eigenvalue weighted by Gasteiger charge is -2.02. The average molecular weight is 233 g/mol. The fourth-order valence-corrected chi connectivity index (χ4v) is 1.13. The van der Waals surface area contributed by atoms with Crippen LogP contribution in [0.3, 0.4) is 0 Å². The summed E-state index contributed by atoms with van der Waals surface area (Å²) in [6, 6.07) is 2.41. The van der Waals surface area contributed by atoms with E-state index in [1.165, 1.54) is 12.3 Å². The molecule has 0 saturated heterocycles. The Labute approximate surface area is 92.3 Å². The predicted molar refractivity (Wildman–Crippen MR) is 59.0 cm³/mol. The smallest absolute Gasteiger partial charge is 0.320 e. The van der Waals surface area contributed by atoms with Gasteiger partial charge >= 0.3 is 5.97 Å². The van der Waals surface area contributed by atoms with Crippen LogP contribution < -0.4 is 5.73 Å². The molecule has 1 rings (SSSR count). The van der Waals surface area contributed by atoms with Crippen LogP contribution >= 0.6 is 11.8 Å². The van der Waals surface area contributed by atoms with E-state index in [0.29, 0.717) is 6.42 Å². The van der Waals surface area contributed by atoms with Gasteiger partial charge in [0.05, 0.1) is 6.26 Å². The fourth-order valence-electron chi connectivity index (χ4n) is 0.638. The van der Waals surface area contributed by atoms with Crippen LogP contribution in [0.15, 0.2) is 22.8 Å². The number of rotatable bonds is 4. The van der Waals surface area contributed by atoms with Gasteiger partial charge < -0.3 is 20.4 Å². The molecular formula is C9H15NO4S. The lowest BCUT2D eigenvalue weighted by Crippen LogP contribution is -2.30. The molecular weight excluding hydrogens is 218 g/mol. The molecule has 0 aromatic carbocycles. The third kappa shape index (κ3) is 7.90. The van der Waals surface area contributed by atoms with Crippen molar-refractivity contribution in [1.29, 1.82) is 0 Å². The van der Waals surface area contributed by atoms with Gasteiger partial charge in [0.2, 0.25) is 0 Å². The summed E-state index contributed by atoms with van der Waals surface area (Å²) in [5.41, 5.74) is 5.19. The van der Waals surface area contributed by atoms with E-state index in [1.807, 2.05) is 6.26 Å². The molecule has 1 heterocycles. The van der Waals surface area contributed by atoms with Crippen molar-refractivity contribution in [1.82, 2.24) is 0 Å². The molecule has 1 aromatic heterocycles. The summed E-state index contributed by atoms with van der Waals surface area (Å²) in [5, 5.41) is 16.6. The Hall–Kier alpha value is -1.14. The number of aliphatic carboxylic acids is 1. The monoisotopic (exact) mass is 233 g/mol. The van der Waals surface area contributed by atoms with Gasteiger partial charge in [-0.2, -0.15) is 11.8 Å². The van der Waals surface area contributed by atoms with Crippen LogP contribution in [0.5, 0.6) is 5.95 Å². The first-order valence-corrected chi connectivity index (χ1v) is 5.67. The van der Waals surface area contributed by atoms with E-state index in [0.717, 1.165) is 5.75 Å². The third-order valence-electron chi connectivity index (χ3n) is 1.46. The van der Waals surface area contributed by atoms with Crippen molar-refractivity contribution >= 4 is 17.7 Å². The molecule has 1 unspecified atom stereocenters. The van der Waals surface area contributed by atoms with E-state index in [4.69, 9.17) is 15.9 Å². The van der Waals surface area contributed by atoms with Crippen molar-refractivity contribution in [2.24, 2.45) is 5.73 Å². The highest BCUT2D eigenvalue weighted by atomic mass is 32.2. The standard InChI is InChI=1S/C5H11NO2S.C4H4O2/c1-9-3-2-4(6)5(7)8;5-4-2-1-3-6-4/h4H,2-3,6H2,1H3,(H,7,8);1-3,5H. The number of nitrogens with two attached hydrogens (primary N) is 1.